The van der Waals surface area contributed by atoms with E-state index in [9.17, 15) is 18.0 Å². The molecule has 0 atom stereocenters. The van der Waals surface area contributed by atoms with Crippen LogP contribution in [0.4, 0.5) is 24.9 Å². The van der Waals surface area contributed by atoms with Gasteiger partial charge in [-0.05, 0) is 50.9 Å². The number of rotatable bonds is 9. The molecule has 0 aromatic carbocycles. The molecular weight excluding hydrogens is 535 g/mol. The van der Waals surface area contributed by atoms with E-state index < -0.39 is 11.7 Å². The molecule has 8 nitrogen and oxygen atoms in total. The van der Waals surface area contributed by atoms with Crippen molar-refractivity contribution >= 4 is 53.1 Å². The van der Waals surface area contributed by atoms with E-state index >= 15 is 0 Å². The van der Waals surface area contributed by atoms with Gasteiger partial charge in [-0.15, -0.1) is 23.1 Å². The highest BCUT2D eigenvalue weighted by Gasteiger charge is 2.32. The Labute approximate surface area is 226 Å². The Morgan fingerprint density at radius 1 is 1.21 bits per heavy atom. The van der Waals surface area contributed by atoms with Gasteiger partial charge in [0.1, 0.15) is 5.82 Å². The van der Waals surface area contributed by atoms with Crippen molar-refractivity contribution in [2.24, 2.45) is 10.9 Å². The van der Waals surface area contributed by atoms with E-state index in [1.165, 1.54) is 11.8 Å². The van der Waals surface area contributed by atoms with Crippen LogP contribution in [0.15, 0.2) is 41.1 Å². The monoisotopic (exact) mass is 561 g/mol. The number of pyridine rings is 1. The summed E-state index contributed by atoms with van der Waals surface area (Å²) in [6, 6.07) is 3.52. The number of aromatic nitrogens is 4. The minimum Gasteiger partial charge on any atom is -0.361 e. The number of piperidine rings is 1. The second-order valence-electron chi connectivity index (χ2n) is 8.62. The first kappa shape index (κ1) is 27.7. The number of nitrogens with one attached hydrogen (secondary N) is 1. The molecule has 3 aromatic rings. The number of hydrogen-bond acceptors (Lipinski definition) is 10. The molecule has 3 aromatic heterocycles. The lowest BCUT2D eigenvalue weighted by Gasteiger charge is -2.31. The Morgan fingerprint density at radius 3 is 2.47 bits per heavy atom. The van der Waals surface area contributed by atoms with Crippen LogP contribution in [0.1, 0.15) is 44.3 Å². The fraction of sp³-hybridized carbons (Fsp3) is 0.360. The summed E-state index contributed by atoms with van der Waals surface area (Å²) in [7, 11) is 0. The van der Waals surface area contributed by atoms with Gasteiger partial charge in [0.25, 0.3) is 0 Å². The highest BCUT2D eigenvalue weighted by molar-refractivity contribution is 8.02. The first-order valence-corrected chi connectivity index (χ1v) is 13.6. The van der Waals surface area contributed by atoms with Gasteiger partial charge in [-0.25, -0.2) is 19.9 Å². The maximum absolute atomic E-state index is 13.0. The molecule has 1 fully saturated rings. The van der Waals surface area contributed by atoms with Gasteiger partial charge in [0.15, 0.2) is 5.78 Å². The predicted molar refractivity (Wildman–Crippen MR) is 146 cm³/mol. The third kappa shape index (κ3) is 6.76. The molecular formula is C25H26F3N7OS2. The Balaban J connectivity index is 1.26. The first-order valence-electron chi connectivity index (χ1n) is 11.8. The molecule has 1 N–H and O–H groups in total. The van der Waals surface area contributed by atoms with E-state index in [0.717, 1.165) is 33.7 Å². The van der Waals surface area contributed by atoms with Crippen LogP contribution in [0.25, 0.3) is 5.70 Å². The Hall–Kier alpha value is -3.32. The lowest BCUT2D eigenvalue weighted by molar-refractivity contribution is -0.138. The maximum Gasteiger partial charge on any atom is 0.419 e. The van der Waals surface area contributed by atoms with Crippen LogP contribution in [0, 0.1) is 19.8 Å². The van der Waals surface area contributed by atoms with Crippen LogP contribution in [0.5, 0.6) is 0 Å². The van der Waals surface area contributed by atoms with Gasteiger partial charge in [-0.2, -0.15) is 13.2 Å². The van der Waals surface area contributed by atoms with Crippen LogP contribution >= 0.6 is 23.1 Å². The van der Waals surface area contributed by atoms with Crippen LogP contribution in [-0.4, -0.2) is 51.4 Å². The summed E-state index contributed by atoms with van der Waals surface area (Å²) in [6.07, 6.45) is -0.215. The molecule has 0 amide bonds. The molecule has 38 heavy (non-hydrogen) atoms. The van der Waals surface area contributed by atoms with E-state index in [0.29, 0.717) is 43.2 Å². The van der Waals surface area contributed by atoms with E-state index in [4.69, 9.17) is 0 Å². The number of carbonyl (C=O) groups excluding carboxylic acids is 1. The van der Waals surface area contributed by atoms with Crippen molar-refractivity contribution in [2.45, 2.75) is 32.9 Å². The second kappa shape index (κ2) is 12.0. The normalized spacial score (nSPS) is 15.0. The number of anilines is 2. The van der Waals surface area contributed by atoms with Crippen LogP contribution < -0.4 is 10.2 Å². The van der Waals surface area contributed by atoms with E-state index in [-0.39, 0.29) is 17.6 Å². The number of aliphatic imine (C=N–C) groups is 1. The van der Waals surface area contributed by atoms with Crippen LogP contribution in [0.2, 0.25) is 0 Å². The van der Waals surface area contributed by atoms with Crippen LogP contribution in [0.3, 0.4) is 0 Å². The Morgan fingerprint density at radius 2 is 1.92 bits per heavy atom. The highest BCUT2D eigenvalue weighted by atomic mass is 32.2. The Kier molecular flexibility index (Phi) is 8.77. The predicted octanol–water partition coefficient (Wildman–Crippen LogP) is 5.86. The quantitative estimate of drug-likeness (QED) is 0.150. The van der Waals surface area contributed by atoms with Crippen molar-refractivity contribution in [2.75, 3.05) is 29.2 Å². The lowest BCUT2D eigenvalue weighted by atomic mass is 9.89. The Bertz CT molecular complexity index is 1300. The van der Waals surface area contributed by atoms with Crippen molar-refractivity contribution < 1.29 is 18.0 Å². The molecule has 0 saturated carbocycles. The number of aryl methyl sites for hydroxylation is 2. The summed E-state index contributed by atoms with van der Waals surface area (Å²) >= 11 is 3.10. The number of Topliss-reactive ketones (excluding diaryl/α,β-unsaturated/α-hetero) is 1. The molecule has 1 saturated heterocycles. The van der Waals surface area contributed by atoms with Gasteiger partial charge >= 0.3 is 6.18 Å². The molecule has 4 heterocycles. The number of carbonyl (C=O) groups is 1. The van der Waals surface area contributed by atoms with Gasteiger partial charge in [0.2, 0.25) is 5.95 Å². The summed E-state index contributed by atoms with van der Waals surface area (Å²) in [5, 5.41) is 6.12. The number of halogens is 3. The average Bonchev–Trinajstić information content (AvgIpc) is 3.25. The van der Waals surface area contributed by atoms with Crippen molar-refractivity contribution in [3.63, 3.8) is 0 Å². The van der Waals surface area contributed by atoms with Crippen molar-refractivity contribution in [3.05, 3.63) is 62.8 Å². The lowest BCUT2D eigenvalue weighted by Crippen LogP contribution is -2.37. The summed E-state index contributed by atoms with van der Waals surface area (Å²) in [5.41, 5.74) is 1.36. The molecule has 200 valence electrons. The maximum atomic E-state index is 13.0. The highest BCUT2D eigenvalue weighted by Crippen LogP contribution is 2.30. The zero-order valence-corrected chi connectivity index (χ0v) is 22.5. The molecule has 4 rings (SSSR count). The summed E-state index contributed by atoms with van der Waals surface area (Å²) in [6.45, 7) is 8.54. The number of nitrogens with zero attached hydrogens (tertiary/aromatic N) is 6. The van der Waals surface area contributed by atoms with Gasteiger partial charge in [-0.3, -0.25) is 9.79 Å². The fourth-order valence-electron chi connectivity index (χ4n) is 4.02. The van der Waals surface area contributed by atoms with Gasteiger partial charge < -0.3 is 10.2 Å². The summed E-state index contributed by atoms with van der Waals surface area (Å²) in [5.74, 6) is 1.26. The van der Waals surface area contributed by atoms with Crippen LogP contribution in [-0.2, 0) is 6.18 Å². The molecule has 0 aliphatic carbocycles. The van der Waals surface area contributed by atoms with Gasteiger partial charge in [0.05, 0.1) is 32.7 Å². The summed E-state index contributed by atoms with van der Waals surface area (Å²) in [4.78, 5) is 36.4. The second-order valence-corrected chi connectivity index (χ2v) is 10.7. The van der Waals surface area contributed by atoms with E-state index in [1.807, 2.05) is 19.3 Å². The summed E-state index contributed by atoms with van der Waals surface area (Å²) < 4.78 is 38.2. The fourth-order valence-corrected chi connectivity index (χ4v) is 5.66. The minimum atomic E-state index is -4.47. The molecule has 0 bridgehead atoms. The molecule has 0 unspecified atom stereocenters. The smallest absolute Gasteiger partial charge is 0.361 e. The number of hydrogen-bond donors (Lipinski definition) is 1. The number of thiazole rings is 1. The third-order valence-corrected chi connectivity index (χ3v) is 7.80. The number of ketones is 1. The average molecular weight is 562 g/mol. The zero-order valence-electron chi connectivity index (χ0n) is 20.8. The van der Waals surface area contributed by atoms with Crippen molar-refractivity contribution in [3.8, 4) is 0 Å². The zero-order chi connectivity index (χ0) is 27.3. The molecule has 1 aliphatic heterocycles. The standard InChI is InChI=1S/C25H26F3N7OS2/c1-15-23(38-16(2)34-15)20(29-3)13-37-14-33-21-5-4-18(10-30-21)22(36)17-6-8-35(9-7-17)24-31-11-19(12-32-24)25(26,27)28/h4-5,10-13,17H,3,6-9,14H2,1-2H3,(H,30,33)/b20-13-. The van der Waals surface area contributed by atoms with Crippen molar-refractivity contribution in [1.82, 2.24) is 19.9 Å². The minimum absolute atomic E-state index is 0.00580. The number of alkyl halides is 3. The molecule has 13 heteroatoms. The SMILES string of the molecule is C=N/C(=C\SCNc1ccc(C(=O)C2CCN(c3ncc(C(F)(F)F)cn3)CC2)cn1)c1sc(C)nc1C. The first-order chi connectivity index (χ1) is 18.2. The third-order valence-electron chi connectivity index (χ3n) is 6.00. The van der Waals surface area contributed by atoms with Gasteiger partial charge in [-0.1, -0.05) is 0 Å². The number of thioether (sulfide) groups is 1. The van der Waals surface area contributed by atoms with E-state index in [2.05, 4.69) is 37.0 Å². The van der Waals surface area contributed by atoms with E-state index in [1.54, 1.807) is 34.6 Å². The topological polar surface area (TPSA) is 96.3 Å². The van der Waals surface area contributed by atoms with Crippen molar-refractivity contribution in [1.29, 1.82) is 0 Å². The molecule has 0 radical (unpaired) electrons. The largest absolute Gasteiger partial charge is 0.419 e. The molecule has 0 spiro atoms. The van der Waals surface area contributed by atoms with Gasteiger partial charge in [0, 0.05) is 43.2 Å². The molecule has 1 aliphatic rings.